The number of fused-ring (bicyclic) bond motifs is 1. The molecule has 2 aromatic rings. The molecule has 0 unspecified atom stereocenters. The molecule has 0 aliphatic heterocycles. The predicted octanol–water partition coefficient (Wildman–Crippen LogP) is 1.71. The van der Waals surface area contributed by atoms with Gasteiger partial charge in [0.2, 0.25) is 0 Å². The summed E-state index contributed by atoms with van der Waals surface area (Å²) in [7, 11) is 0. The first-order valence-electron chi connectivity index (χ1n) is 4.70. The average Bonchev–Trinajstić information content (AvgIpc) is 2.49. The Balaban J connectivity index is 2.46. The molecule has 0 aromatic carbocycles. The van der Waals surface area contributed by atoms with Gasteiger partial charge < -0.3 is 0 Å². The van der Waals surface area contributed by atoms with Crippen molar-refractivity contribution >= 4 is 5.78 Å². The topological polar surface area (TPSA) is 43.1 Å². The summed E-state index contributed by atoms with van der Waals surface area (Å²) in [6.45, 7) is 6.61. The lowest BCUT2D eigenvalue weighted by atomic mass is 9.90. The minimum atomic E-state index is 0.250. The normalized spacial score (nSPS) is 12.2. The Morgan fingerprint density at radius 1 is 1.29 bits per heavy atom. The third-order valence-corrected chi connectivity index (χ3v) is 1.97. The number of aromatic nitrogens is 4. The van der Waals surface area contributed by atoms with Crippen LogP contribution in [0.25, 0.3) is 5.78 Å². The van der Waals surface area contributed by atoms with Gasteiger partial charge in [0.1, 0.15) is 6.33 Å². The molecule has 0 amide bonds. The van der Waals surface area contributed by atoms with E-state index < -0.39 is 0 Å². The second kappa shape index (κ2) is 3.04. The molecule has 4 nitrogen and oxygen atoms in total. The van der Waals surface area contributed by atoms with Crippen LogP contribution >= 0.6 is 0 Å². The Hall–Kier alpha value is -1.45. The van der Waals surface area contributed by atoms with E-state index >= 15 is 0 Å². The van der Waals surface area contributed by atoms with E-state index in [0.29, 0.717) is 5.78 Å². The van der Waals surface area contributed by atoms with E-state index in [-0.39, 0.29) is 5.41 Å². The molecule has 0 radical (unpaired) electrons. The molecule has 4 heteroatoms. The zero-order valence-electron chi connectivity index (χ0n) is 8.73. The van der Waals surface area contributed by atoms with Gasteiger partial charge in [0, 0.05) is 11.9 Å². The van der Waals surface area contributed by atoms with Crippen LogP contribution in [0.5, 0.6) is 0 Å². The van der Waals surface area contributed by atoms with Crippen LogP contribution in [-0.4, -0.2) is 19.6 Å². The maximum atomic E-state index is 4.15. The summed E-state index contributed by atoms with van der Waals surface area (Å²) in [5.41, 5.74) is 1.40. The van der Waals surface area contributed by atoms with Gasteiger partial charge in [-0.05, 0) is 17.9 Å². The van der Waals surface area contributed by atoms with Gasteiger partial charge in [0.15, 0.2) is 0 Å². The fraction of sp³-hybridized carbons (Fsp3) is 0.500. The molecule has 14 heavy (non-hydrogen) atoms. The molecular formula is C10H14N4. The number of nitrogens with zero attached hydrogens (tertiary/aromatic N) is 4. The van der Waals surface area contributed by atoms with Crippen LogP contribution in [0, 0.1) is 5.41 Å². The van der Waals surface area contributed by atoms with Crippen molar-refractivity contribution in [3.63, 3.8) is 0 Å². The lowest BCUT2D eigenvalue weighted by Gasteiger charge is -2.17. The maximum absolute atomic E-state index is 4.15. The van der Waals surface area contributed by atoms with E-state index in [4.69, 9.17) is 0 Å². The standard InChI is InChI=1S/C10H14N4/c1-10(2,3)6-8-4-5-11-9-12-7-13-14(8)9/h4-5,7H,6H2,1-3H3. The minimum Gasteiger partial charge on any atom is -0.220 e. The van der Waals surface area contributed by atoms with Crippen LogP contribution in [0.3, 0.4) is 0 Å². The van der Waals surface area contributed by atoms with Crippen molar-refractivity contribution in [1.29, 1.82) is 0 Å². The number of hydrogen-bond acceptors (Lipinski definition) is 3. The van der Waals surface area contributed by atoms with Crippen molar-refractivity contribution in [3.8, 4) is 0 Å². The average molecular weight is 190 g/mol. The molecule has 2 heterocycles. The van der Waals surface area contributed by atoms with E-state index in [2.05, 4.69) is 35.8 Å². The minimum absolute atomic E-state index is 0.250. The molecule has 0 bridgehead atoms. The Morgan fingerprint density at radius 2 is 2.07 bits per heavy atom. The van der Waals surface area contributed by atoms with Crippen molar-refractivity contribution in [3.05, 3.63) is 24.3 Å². The Morgan fingerprint density at radius 3 is 2.79 bits per heavy atom. The second-order valence-electron chi connectivity index (χ2n) is 4.65. The van der Waals surface area contributed by atoms with Gasteiger partial charge in [-0.3, -0.25) is 0 Å². The SMILES string of the molecule is CC(C)(C)Cc1ccnc2ncnn12. The molecule has 0 aliphatic carbocycles. The third kappa shape index (κ3) is 1.73. The fourth-order valence-corrected chi connectivity index (χ4v) is 1.46. The summed E-state index contributed by atoms with van der Waals surface area (Å²) in [5, 5.41) is 4.15. The van der Waals surface area contributed by atoms with Gasteiger partial charge in [-0.1, -0.05) is 20.8 Å². The molecule has 0 saturated heterocycles. The monoisotopic (exact) mass is 190 g/mol. The molecule has 0 saturated carbocycles. The summed E-state index contributed by atoms with van der Waals surface area (Å²) in [6.07, 6.45) is 4.29. The molecule has 0 N–H and O–H groups in total. The van der Waals surface area contributed by atoms with Gasteiger partial charge >= 0.3 is 0 Å². The fourth-order valence-electron chi connectivity index (χ4n) is 1.46. The van der Waals surface area contributed by atoms with Gasteiger partial charge in [0.25, 0.3) is 5.78 Å². The zero-order chi connectivity index (χ0) is 10.2. The molecule has 2 aromatic heterocycles. The quantitative estimate of drug-likeness (QED) is 0.687. The number of hydrogen-bond donors (Lipinski definition) is 0. The molecule has 74 valence electrons. The predicted molar refractivity (Wildman–Crippen MR) is 53.9 cm³/mol. The van der Waals surface area contributed by atoms with E-state index in [1.807, 2.05) is 6.07 Å². The number of rotatable bonds is 1. The van der Waals surface area contributed by atoms with Gasteiger partial charge in [-0.2, -0.15) is 10.1 Å². The second-order valence-corrected chi connectivity index (χ2v) is 4.65. The van der Waals surface area contributed by atoms with Gasteiger partial charge in [-0.15, -0.1) is 0 Å². The highest BCUT2D eigenvalue weighted by Gasteiger charge is 2.14. The summed E-state index contributed by atoms with van der Waals surface area (Å²) in [5.74, 6) is 0.673. The molecule has 0 atom stereocenters. The Kier molecular flexibility index (Phi) is 1.98. The van der Waals surface area contributed by atoms with E-state index in [1.165, 1.54) is 6.33 Å². The maximum Gasteiger partial charge on any atom is 0.252 e. The summed E-state index contributed by atoms with van der Waals surface area (Å²) < 4.78 is 1.80. The van der Waals surface area contributed by atoms with Crippen molar-refractivity contribution in [1.82, 2.24) is 19.6 Å². The van der Waals surface area contributed by atoms with Crippen LogP contribution in [0.4, 0.5) is 0 Å². The lowest BCUT2D eigenvalue weighted by molar-refractivity contribution is 0.402. The summed E-state index contributed by atoms with van der Waals surface area (Å²) in [6, 6.07) is 1.99. The van der Waals surface area contributed by atoms with Crippen molar-refractivity contribution in [2.75, 3.05) is 0 Å². The highest BCUT2D eigenvalue weighted by molar-refractivity contribution is 5.26. The highest BCUT2D eigenvalue weighted by Crippen LogP contribution is 2.19. The van der Waals surface area contributed by atoms with E-state index in [9.17, 15) is 0 Å². The first kappa shape index (κ1) is 9.12. The van der Waals surface area contributed by atoms with Gasteiger partial charge in [-0.25, -0.2) is 9.50 Å². The molecule has 0 fully saturated rings. The van der Waals surface area contributed by atoms with Crippen LogP contribution in [0.1, 0.15) is 26.5 Å². The highest BCUT2D eigenvalue weighted by atomic mass is 15.3. The lowest BCUT2D eigenvalue weighted by Crippen LogP contribution is -2.13. The molecule has 0 spiro atoms. The molecule has 0 aliphatic rings. The van der Waals surface area contributed by atoms with E-state index in [1.54, 1.807) is 10.7 Å². The first-order valence-corrected chi connectivity index (χ1v) is 4.70. The summed E-state index contributed by atoms with van der Waals surface area (Å²) >= 11 is 0. The van der Waals surface area contributed by atoms with Gasteiger partial charge in [0.05, 0.1) is 0 Å². The molecule has 2 rings (SSSR count). The van der Waals surface area contributed by atoms with E-state index in [0.717, 1.165) is 12.1 Å². The van der Waals surface area contributed by atoms with Crippen LogP contribution in [0.15, 0.2) is 18.6 Å². The smallest absolute Gasteiger partial charge is 0.220 e. The third-order valence-electron chi connectivity index (χ3n) is 1.97. The Bertz CT molecular complexity index is 439. The first-order chi connectivity index (χ1) is 6.56. The molecular weight excluding hydrogens is 176 g/mol. The van der Waals surface area contributed by atoms with Crippen LogP contribution in [0.2, 0.25) is 0 Å². The largest absolute Gasteiger partial charge is 0.252 e. The Labute approximate surface area is 83.0 Å². The van der Waals surface area contributed by atoms with Crippen molar-refractivity contribution in [2.45, 2.75) is 27.2 Å². The van der Waals surface area contributed by atoms with Crippen molar-refractivity contribution in [2.24, 2.45) is 5.41 Å². The van der Waals surface area contributed by atoms with Crippen molar-refractivity contribution < 1.29 is 0 Å². The van der Waals surface area contributed by atoms with Crippen LogP contribution < -0.4 is 0 Å². The summed E-state index contributed by atoms with van der Waals surface area (Å²) in [4.78, 5) is 8.17. The van der Waals surface area contributed by atoms with Crippen LogP contribution in [-0.2, 0) is 6.42 Å². The zero-order valence-corrected chi connectivity index (χ0v) is 8.73.